The Hall–Kier alpha value is -2.41. The molecule has 0 aliphatic carbocycles. The van der Waals surface area contributed by atoms with E-state index in [2.05, 4.69) is 9.97 Å². The summed E-state index contributed by atoms with van der Waals surface area (Å²) >= 11 is 0. The summed E-state index contributed by atoms with van der Waals surface area (Å²) in [6.07, 6.45) is 11.3. The molecule has 2 fully saturated rings. The lowest BCUT2D eigenvalue weighted by atomic mass is 9.83. The fourth-order valence-corrected chi connectivity index (χ4v) is 3.63. The Morgan fingerprint density at radius 3 is 2.92 bits per heavy atom. The van der Waals surface area contributed by atoms with E-state index in [1.165, 1.54) is 12.5 Å². The van der Waals surface area contributed by atoms with Gasteiger partial charge in [-0.15, -0.1) is 0 Å². The van der Waals surface area contributed by atoms with Crippen molar-refractivity contribution < 1.29 is 18.7 Å². The standard InChI is InChI=1S/C18H21N3O4/c22-17(14-1-9-23-13-14)21-7-3-18(4-8-21)11-15(2-10-24-18)25-16-12-19-5-6-20-16/h1,5-6,9,12-13,15H,2-4,7-8,10-11H2. The fraction of sp³-hybridized carbons (Fsp3) is 0.500. The smallest absolute Gasteiger partial charge is 0.257 e. The quantitative estimate of drug-likeness (QED) is 0.851. The third-order valence-corrected chi connectivity index (χ3v) is 5.00. The molecule has 1 amide bonds. The maximum atomic E-state index is 12.4. The highest BCUT2D eigenvalue weighted by Crippen LogP contribution is 2.36. The van der Waals surface area contributed by atoms with Crippen LogP contribution in [0.25, 0.3) is 0 Å². The largest absolute Gasteiger partial charge is 0.473 e. The second-order valence-corrected chi connectivity index (χ2v) is 6.61. The minimum absolute atomic E-state index is 0.0202. The Morgan fingerprint density at radius 2 is 2.20 bits per heavy atom. The van der Waals surface area contributed by atoms with Crippen molar-refractivity contribution >= 4 is 5.91 Å². The molecule has 25 heavy (non-hydrogen) atoms. The SMILES string of the molecule is O=C(c1ccoc1)N1CCC2(CC1)CC(Oc1cnccn1)CCO2. The van der Waals surface area contributed by atoms with Crippen LogP contribution in [0.2, 0.25) is 0 Å². The third-order valence-electron chi connectivity index (χ3n) is 5.00. The second kappa shape index (κ2) is 6.84. The number of rotatable bonds is 3. The van der Waals surface area contributed by atoms with Gasteiger partial charge in [-0.2, -0.15) is 0 Å². The van der Waals surface area contributed by atoms with Gasteiger partial charge in [0.1, 0.15) is 12.4 Å². The summed E-state index contributed by atoms with van der Waals surface area (Å²) < 4.78 is 17.1. The van der Waals surface area contributed by atoms with Crippen LogP contribution in [-0.4, -0.2) is 52.2 Å². The molecule has 0 saturated carbocycles. The highest BCUT2D eigenvalue weighted by atomic mass is 16.5. The summed E-state index contributed by atoms with van der Waals surface area (Å²) in [5.41, 5.74) is 0.391. The van der Waals surface area contributed by atoms with Crippen molar-refractivity contribution in [2.75, 3.05) is 19.7 Å². The number of aromatic nitrogens is 2. The molecule has 1 atom stereocenters. The first kappa shape index (κ1) is 16.1. The Bertz CT molecular complexity index is 696. The van der Waals surface area contributed by atoms with Crippen molar-refractivity contribution in [2.45, 2.75) is 37.4 Å². The minimum Gasteiger partial charge on any atom is -0.473 e. The topological polar surface area (TPSA) is 77.7 Å². The molecule has 7 nitrogen and oxygen atoms in total. The van der Waals surface area contributed by atoms with Crippen LogP contribution in [0.15, 0.2) is 41.6 Å². The number of carbonyl (C=O) groups excluding carboxylic acids is 1. The number of amides is 1. The molecule has 0 N–H and O–H groups in total. The molecule has 0 radical (unpaired) electrons. The Labute approximate surface area is 146 Å². The Kier molecular flexibility index (Phi) is 4.40. The van der Waals surface area contributed by atoms with Crippen LogP contribution >= 0.6 is 0 Å². The number of hydrogen-bond acceptors (Lipinski definition) is 6. The van der Waals surface area contributed by atoms with Crippen LogP contribution in [0.1, 0.15) is 36.0 Å². The normalized spacial score (nSPS) is 22.7. The molecule has 2 aromatic heterocycles. The van der Waals surface area contributed by atoms with E-state index in [0.29, 0.717) is 31.1 Å². The molecule has 2 aliphatic rings. The van der Waals surface area contributed by atoms with Gasteiger partial charge >= 0.3 is 0 Å². The molecular weight excluding hydrogens is 322 g/mol. The van der Waals surface area contributed by atoms with Gasteiger partial charge in [0.2, 0.25) is 5.88 Å². The first-order valence-corrected chi connectivity index (χ1v) is 8.62. The van der Waals surface area contributed by atoms with Gasteiger partial charge in [-0.3, -0.25) is 9.78 Å². The van der Waals surface area contributed by atoms with Crippen molar-refractivity contribution in [1.29, 1.82) is 0 Å². The zero-order chi connectivity index (χ0) is 17.1. The summed E-state index contributed by atoms with van der Waals surface area (Å²) in [4.78, 5) is 22.5. The molecule has 1 spiro atoms. The average molecular weight is 343 g/mol. The number of hydrogen-bond donors (Lipinski definition) is 0. The summed E-state index contributed by atoms with van der Waals surface area (Å²) in [6.45, 7) is 2.03. The molecule has 1 unspecified atom stereocenters. The van der Waals surface area contributed by atoms with Crippen molar-refractivity contribution in [2.24, 2.45) is 0 Å². The van der Waals surface area contributed by atoms with E-state index in [0.717, 1.165) is 25.7 Å². The van der Waals surface area contributed by atoms with E-state index in [1.807, 2.05) is 4.90 Å². The van der Waals surface area contributed by atoms with Gasteiger partial charge in [-0.1, -0.05) is 0 Å². The number of furan rings is 1. The van der Waals surface area contributed by atoms with Gasteiger partial charge in [-0.05, 0) is 18.9 Å². The van der Waals surface area contributed by atoms with E-state index in [1.54, 1.807) is 24.7 Å². The lowest BCUT2D eigenvalue weighted by molar-refractivity contribution is -0.135. The molecule has 0 bridgehead atoms. The molecule has 2 saturated heterocycles. The van der Waals surface area contributed by atoms with Gasteiger partial charge in [-0.25, -0.2) is 4.98 Å². The lowest BCUT2D eigenvalue weighted by Crippen LogP contribution is -2.52. The van der Waals surface area contributed by atoms with Gasteiger partial charge in [0, 0.05) is 38.3 Å². The molecule has 0 aromatic carbocycles. The van der Waals surface area contributed by atoms with E-state index >= 15 is 0 Å². The van der Waals surface area contributed by atoms with E-state index in [4.69, 9.17) is 13.9 Å². The third kappa shape index (κ3) is 3.51. The number of carbonyl (C=O) groups is 1. The Morgan fingerprint density at radius 1 is 1.32 bits per heavy atom. The zero-order valence-electron chi connectivity index (χ0n) is 14.0. The Balaban J connectivity index is 1.36. The highest BCUT2D eigenvalue weighted by molar-refractivity contribution is 5.93. The van der Waals surface area contributed by atoms with Crippen LogP contribution in [0.4, 0.5) is 0 Å². The van der Waals surface area contributed by atoms with E-state index in [-0.39, 0.29) is 17.6 Å². The fourth-order valence-electron chi connectivity index (χ4n) is 3.63. The number of piperidine rings is 1. The first-order valence-electron chi connectivity index (χ1n) is 8.62. The number of nitrogens with zero attached hydrogens (tertiary/aromatic N) is 3. The molecule has 132 valence electrons. The molecule has 4 rings (SSSR count). The van der Waals surface area contributed by atoms with Crippen LogP contribution in [0, 0.1) is 0 Å². The summed E-state index contributed by atoms with van der Waals surface area (Å²) in [6, 6.07) is 1.70. The number of likely N-dealkylation sites (tertiary alicyclic amines) is 1. The van der Waals surface area contributed by atoms with Crippen molar-refractivity contribution in [3.8, 4) is 5.88 Å². The summed E-state index contributed by atoms with van der Waals surface area (Å²) in [5.74, 6) is 0.573. The number of ether oxygens (including phenoxy) is 2. The van der Waals surface area contributed by atoms with Crippen LogP contribution in [-0.2, 0) is 4.74 Å². The van der Waals surface area contributed by atoms with Crippen molar-refractivity contribution in [3.63, 3.8) is 0 Å². The monoisotopic (exact) mass is 343 g/mol. The first-order chi connectivity index (χ1) is 12.2. The van der Waals surface area contributed by atoms with Crippen LogP contribution in [0.5, 0.6) is 5.88 Å². The van der Waals surface area contributed by atoms with E-state index in [9.17, 15) is 4.79 Å². The van der Waals surface area contributed by atoms with Crippen molar-refractivity contribution in [3.05, 3.63) is 42.7 Å². The van der Waals surface area contributed by atoms with Crippen molar-refractivity contribution in [1.82, 2.24) is 14.9 Å². The average Bonchev–Trinajstić information content (AvgIpc) is 3.18. The zero-order valence-corrected chi connectivity index (χ0v) is 14.0. The maximum Gasteiger partial charge on any atom is 0.257 e. The molecule has 2 aromatic rings. The van der Waals surface area contributed by atoms with Gasteiger partial charge in [0.05, 0.1) is 30.2 Å². The summed E-state index contributed by atoms with van der Waals surface area (Å²) in [7, 11) is 0. The summed E-state index contributed by atoms with van der Waals surface area (Å²) in [5, 5.41) is 0. The molecule has 7 heteroatoms. The second-order valence-electron chi connectivity index (χ2n) is 6.61. The van der Waals surface area contributed by atoms with E-state index < -0.39 is 0 Å². The van der Waals surface area contributed by atoms with Gasteiger partial charge in [0.15, 0.2) is 0 Å². The lowest BCUT2D eigenvalue weighted by Gasteiger charge is -2.45. The highest BCUT2D eigenvalue weighted by Gasteiger charge is 2.42. The van der Waals surface area contributed by atoms with Crippen LogP contribution in [0.3, 0.4) is 0 Å². The predicted octanol–water partition coefficient (Wildman–Crippen LogP) is 2.30. The predicted molar refractivity (Wildman–Crippen MR) is 88.2 cm³/mol. The van der Waals surface area contributed by atoms with Crippen LogP contribution < -0.4 is 4.74 Å². The van der Waals surface area contributed by atoms with Gasteiger partial charge < -0.3 is 18.8 Å². The maximum absolute atomic E-state index is 12.4. The molecular formula is C18H21N3O4. The molecule has 2 aliphatic heterocycles. The molecule has 4 heterocycles. The minimum atomic E-state index is -0.210. The van der Waals surface area contributed by atoms with Gasteiger partial charge in [0.25, 0.3) is 5.91 Å².